The Morgan fingerprint density at radius 1 is 0.258 bits per heavy atom. The molecule has 0 N–H and O–H groups in total. The van der Waals surface area contributed by atoms with Gasteiger partial charge < -0.3 is 9.32 Å². The van der Waals surface area contributed by atoms with Crippen molar-refractivity contribution in [2.24, 2.45) is 0 Å². The summed E-state index contributed by atoms with van der Waals surface area (Å²) < 4.78 is 6.72. The molecule has 0 amide bonds. The lowest BCUT2D eigenvalue weighted by atomic mass is 9.96. The minimum Gasteiger partial charge on any atom is -0.455 e. The molecule has 1 aromatic heterocycles. The lowest BCUT2D eigenvalue weighted by molar-refractivity contribution is 0.632. The molecular formula is C64H43NO. The number of benzene rings is 11. The van der Waals surface area contributed by atoms with Crippen molar-refractivity contribution in [2.45, 2.75) is 0 Å². The fraction of sp³-hybridized carbons (Fsp3) is 0. The molecule has 0 bridgehead atoms. The second-order valence-electron chi connectivity index (χ2n) is 16.9. The minimum absolute atomic E-state index is 0.855. The fourth-order valence-electron chi connectivity index (χ4n) is 9.55. The summed E-state index contributed by atoms with van der Waals surface area (Å²) in [7, 11) is 0. The Balaban J connectivity index is 0.921. The number of hydrogen-bond acceptors (Lipinski definition) is 2. The zero-order valence-corrected chi connectivity index (χ0v) is 36.2. The summed E-state index contributed by atoms with van der Waals surface area (Å²) in [5.41, 5.74) is 16.8. The summed E-state index contributed by atoms with van der Waals surface area (Å²) in [5, 5.41) is 6.11. The molecule has 0 spiro atoms. The molecule has 0 aliphatic heterocycles. The van der Waals surface area contributed by atoms with Gasteiger partial charge in [0.15, 0.2) is 0 Å². The van der Waals surface area contributed by atoms with Gasteiger partial charge in [-0.1, -0.05) is 206 Å². The van der Waals surface area contributed by atoms with Crippen LogP contribution in [0.1, 0.15) is 0 Å². The first-order valence-corrected chi connectivity index (χ1v) is 22.6. The Kier molecular flexibility index (Phi) is 9.89. The second-order valence-corrected chi connectivity index (χ2v) is 16.9. The Morgan fingerprint density at radius 2 is 0.758 bits per heavy atom. The number of nitrogens with zero attached hydrogens (tertiary/aromatic N) is 1. The summed E-state index contributed by atoms with van der Waals surface area (Å²) in [6.45, 7) is 0. The van der Waals surface area contributed by atoms with E-state index in [0.29, 0.717) is 0 Å². The first-order chi connectivity index (χ1) is 32.7. The zero-order valence-electron chi connectivity index (χ0n) is 36.2. The number of anilines is 3. The Labute approximate surface area is 384 Å². The van der Waals surface area contributed by atoms with E-state index in [-0.39, 0.29) is 0 Å². The number of para-hydroxylation sites is 1. The lowest BCUT2D eigenvalue weighted by Gasteiger charge is -2.26. The van der Waals surface area contributed by atoms with Crippen LogP contribution in [0.15, 0.2) is 265 Å². The van der Waals surface area contributed by atoms with E-state index in [1.54, 1.807) is 0 Å². The number of rotatable bonds is 9. The molecule has 12 rings (SSSR count). The van der Waals surface area contributed by atoms with Crippen molar-refractivity contribution >= 4 is 49.6 Å². The maximum Gasteiger partial charge on any atom is 0.143 e. The van der Waals surface area contributed by atoms with Crippen LogP contribution in [0.5, 0.6) is 0 Å². The average molecular weight is 842 g/mol. The monoisotopic (exact) mass is 841 g/mol. The molecule has 2 nitrogen and oxygen atoms in total. The van der Waals surface area contributed by atoms with Gasteiger partial charge in [-0.05, 0) is 126 Å². The third kappa shape index (κ3) is 7.31. The van der Waals surface area contributed by atoms with E-state index in [0.717, 1.165) is 61.6 Å². The SMILES string of the molecule is c1ccc(-c2c(-c3cccc(N(c4ccc(-c5ccc(-c6cccc7ccccc67)cc5)cc4)c4ccc(-c5cccc(-c6ccc7ccccc7c6)c5)cc4)c3)oc3ccccc23)cc1. The predicted molar refractivity (Wildman–Crippen MR) is 279 cm³/mol. The average Bonchev–Trinajstić information content (AvgIpc) is 3.79. The van der Waals surface area contributed by atoms with Crippen molar-refractivity contribution in [1.29, 1.82) is 0 Å². The van der Waals surface area contributed by atoms with E-state index in [4.69, 9.17) is 4.42 Å². The first kappa shape index (κ1) is 38.9. The van der Waals surface area contributed by atoms with Crippen molar-refractivity contribution in [3.63, 3.8) is 0 Å². The molecule has 0 aliphatic carbocycles. The molecule has 310 valence electrons. The van der Waals surface area contributed by atoms with E-state index >= 15 is 0 Å². The Hall–Kier alpha value is -8.72. The van der Waals surface area contributed by atoms with Gasteiger partial charge in [-0.15, -0.1) is 0 Å². The highest BCUT2D eigenvalue weighted by Gasteiger charge is 2.20. The van der Waals surface area contributed by atoms with Crippen LogP contribution in [0.2, 0.25) is 0 Å². The van der Waals surface area contributed by atoms with Gasteiger partial charge in [0, 0.05) is 33.6 Å². The molecule has 0 aliphatic rings. The number of furan rings is 1. The molecule has 0 radical (unpaired) electrons. The van der Waals surface area contributed by atoms with Gasteiger partial charge in [-0.3, -0.25) is 0 Å². The summed E-state index contributed by atoms with van der Waals surface area (Å²) in [6.07, 6.45) is 0. The normalized spacial score (nSPS) is 11.3. The zero-order chi connectivity index (χ0) is 43.8. The van der Waals surface area contributed by atoms with Gasteiger partial charge in [0.1, 0.15) is 11.3 Å². The van der Waals surface area contributed by atoms with Crippen LogP contribution in [0, 0.1) is 0 Å². The topological polar surface area (TPSA) is 16.4 Å². The molecule has 0 atom stereocenters. The Bertz CT molecular complexity index is 3670. The van der Waals surface area contributed by atoms with Gasteiger partial charge in [0.25, 0.3) is 0 Å². The van der Waals surface area contributed by atoms with E-state index in [9.17, 15) is 0 Å². The van der Waals surface area contributed by atoms with E-state index in [1.807, 2.05) is 6.07 Å². The van der Waals surface area contributed by atoms with Crippen LogP contribution in [0.25, 0.3) is 99.5 Å². The van der Waals surface area contributed by atoms with Crippen LogP contribution in [0.4, 0.5) is 17.1 Å². The number of fused-ring (bicyclic) bond motifs is 3. The molecule has 0 saturated heterocycles. The van der Waals surface area contributed by atoms with Gasteiger partial charge in [-0.25, -0.2) is 0 Å². The van der Waals surface area contributed by atoms with Crippen LogP contribution >= 0.6 is 0 Å². The molecule has 0 saturated carbocycles. The van der Waals surface area contributed by atoms with E-state index in [1.165, 1.54) is 54.9 Å². The third-order valence-corrected chi connectivity index (χ3v) is 12.9. The molecule has 0 unspecified atom stereocenters. The van der Waals surface area contributed by atoms with Gasteiger partial charge >= 0.3 is 0 Å². The van der Waals surface area contributed by atoms with Crippen molar-refractivity contribution in [2.75, 3.05) is 4.90 Å². The van der Waals surface area contributed by atoms with Crippen molar-refractivity contribution in [3.05, 3.63) is 261 Å². The quantitative estimate of drug-likeness (QED) is 0.144. The van der Waals surface area contributed by atoms with Gasteiger partial charge in [0.05, 0.1) is 0 Å². The summed E-state index contributed by atoms with van der Waals surface area (Å²) in [5.74, 6) is 0.855. The standard InChI is InChI=1S/C64H43NO/c1-2-15-50(16-3-1)63-61-24-8-9-26-62(61)66-64(63)55-21-11-22-58(43-55)65(56-37-33-46(34-38-56)45-27-30-49(31-28-45)60-25-12-18-48-14-6-7-23-59(48)60)57-39-35-47(36-40-57)52-19-10-20-53(41-52)54-32-29-44-13-4-5-17-51(44)42-54/h1-43H. The summed E-state index contributed by atoms with van der Waals surface area (Å²) in [4.78, 5) is 2.34. The van der Waals surface area contributed by atoms with Crippen molar-refractivity contribution in [3.8, 4) is 67.0 Å². The largest absolute Gasteiger partial charge is 0.455 e. The van der Waals surface area contributed by atoms with Crippen LogP contribution in [-0.2, 0) is 0 Å². The maximum atomic E-state index is 6.72. The molecular weight excluding hydrogens is 799 g/mol. The summed E-state index contributed by atoms with van der Waals surface area (Å²) in [6, 6.07) is 93.7. The Morgan fingerprint density at radius 3 is 1.52 bits per heavy atom. The van der Waals surface area contributed by atoms with Crippen molar-refractivity contribution in [1.82, 2.24) is 0 Å². The first-order valence-electron chi connectivity index (χ1n) is 22.6. The fourth-order valence-corrected chi connectivity index (χ4v) is 9.55. The minimum atomic E-state index is 0.855. The number of hydrogen-bond donors (Lipinski definition) is 0. The third-order valence-electron chi connectivity index (χ3n) is 12.9. The molecule has 1 heterocycles. The molecule has 66 heavy (non-hydrogen) atoms. The highest BCUT2D eigenvalue weighted by molar-refractivity contribution is 6.02. The summed E-state index contributed by atoms with van der Waals surface area (Å²) >= 11 is 0. The lowest BCUT2D eigenvalue weighted by Crippen LogP contribution is -2.10. The van der Waals surface area contributed by atoms with Crippen LogP contribution in [0.3, 0.4) is 0 Å². The second kappa shape index (κ2) is 16.8. The molecule has 2 heteroatoms. The van der Waals surface area contributed by atoms with E-state index < -0.39 is 0 Å². The van der Waals surface area contributed by atoms with Crippen LogP contribution < -0.4 is 4.90 Å². The van der Waals surface area contributed by atoms with Gasteiger partial charge in [0.2, 0.25) is 0 Å². The van der Waals surface area contributed by atoms with E-state index in [2.05, 4.69) is 260 Å². The van der Waals surface area contributed by atoms with Crippen LogP contribution in [-0.4, -0.2) is 0 Å². The molecule has 0 fully saturated rings. The predicted octanol–water partition coefficient (Wildman–Crippen LogP) is 18.2. The van der Waals surface area contributed by atoms with Gasteiger partial charge in [-0.2, -0.15) is 0 Å². The molecule has 12 aromatic rings. The smallest absolute Gasteiger partial charge is 0.143 e. The highest BCUT2D eigenvalue weighted by Crippen LogP contribution is 2.44. The van der Waals surface area contributed by atoms with Crippen molar-refractivity contribution < 1.29 is 4.42 Å². The maximum absolute atomic E-state index is 6.72. The molecule has 11 aromatic carbocycles. The highest BCUT2D eigenvalue weighted by atomic mass is 16.3.